The van der Waals surface area contributed by atoms with Gasteiger partial charge in [0.15, 0.2) is 0 Å². The van der Waals surface area contributed by atoms with E-state index in [-0.39, 0.29) is 17.0 Å². The summed E-state index contributed by atoms with van der Waals surface area (Å²) in [6, 6.07) is 1.99. The van der Waals surface area contributed by atoms with E-state index in [9.17, 15) is 13.6 Å². The fourth-order valence-corrected chi connectivity index (χ4v) is 2.58. The van der Waals surface area contributed by atoms with Crippen LogP contribution in [0.15, 0.2) is 12.1 Å². The number of hydrogen-bond acceptors (Lipinski definition) is 2. The zero-order chi connectivity index (χ0) is 14.9. The van der Waals surface area contributed by atoms with Gasteiger partial charge in [0.1, 0.15) is 11.6 Å². The summed E-state index contributed by atoms with van der Waals surface area (Å²) < 4.78 is 27.0. The summed E-state index contributed by atoms with van der Waals surface area (Å²) in [4.78, 5) is 14.2. The second-order valence-electron chi connectivity index (χ2n) is 5.07. The molecule has 1 fully saturated rings. The third kappa shape index (κ3) is 2.95. The molecule has 1 atom stereocenters. The highest BCUT2D eigenvalue weighted by Gasteiger charge is 2.27. The number of rotatable bonds is 2. The van der Waals surface area contributed by atoms with Gasteiger partial charge in [-0.3, -0.25) is 4.79 Å². The van der Waals surface area contributed by atoms with Gasteiger partial charge in [0.05, 0.1) is 10.6 Å². The maximum absolute atomic E-state index is 13.8. The Hall–Kier alpha value is -1.56. The van der Waals surface area contributed by atoms with Crippen molar-refractivity contribution in [3.63, 3.8) is 0 Å². The molecule has 0 radical (unpaired) electrons. The van der Waals surface area contributed by atoms with Gasteiger partial charge in [0.25, 0.3) is 5.91 Å². The summed E-state index contributed by atoms with van der Waals surface area (Å²) >= 11 is 4.95. The summed E-state index contributed by atoms with van der Waals surface area (Å²) in [6.45, 7) is 2.43. The van der Waals surface area contributed by atoms with Crippen LogP contribution in [0.25, 0.3) is 0 Å². The molecule has 1 saturated heterocycles. The van der Waals surface area contributed by atoms with Crippen molar-refractivity contribution in [1.82, 2.24) is 4.90 Å². The van der Waals surface area contributed by atoms with E-state index >= 15 is 0 Å². The number of piperidine rings is 1. The molecule has 1 aliphatic heterocycles. The number of carbonyl (C=O) groups excluding carboxylic acids is 1. The number of halogens is 2. The lowest BCUT2D eigenvalue weighted by atomic mass is 9.97. The van der Waals surface area contributed by atoms with Crippen LogP contribution in [0.2, 0.25) is 0 Å². The number of nitrogens with zero attached hydrogens (tertiary/aromatic N) is 1. The number of aryl methyl sites for hydroxylation is 1. The number of thiocarbonyl (C=S) groups is 1. The van der Waals surface area contributed by atoms with Gasteiger partial charge in [-0.1, -0.05) is 12.2 Å². The van der Waals surface area contributed by atoms with Crippen molar-refractivity contribution in [2.75, 3.05) is 13.1 Å². The highest BCUT2D eigenvalue weighted by Crippen LogP contribution is 2.21. The maximum atomic E-state index is 13.8. The van der Waals surface area contributed by atoms with E-state index in [1.807, 2.05) is 0 Å². The van der Waals surface area contributed by atoms with Crippen molar-refractivity contribution in [3.8, 4) is 0 Å². The molecule has 1 heterocycles. The van der Waals surface area contributed by atoms with E-state index < -0.39 is 17.5 Å². The van der Waals surface area contributed by atoms with Crippen LogP contribution < -0.4 is 5.73 Å². The lowest BCUT2D eigenvalue weighted by Gasteiger charge is -2.32. The van der Waals surface area contributed by atoms with E-state index in [4.69, 9.17) is 18.0 Å². The molecule has 3 nitrogen and oxygen atoms in total. The number of carbonyl (C=O) groups is 1. The molecule has 0 saturated carbocycles. The molecular formula is C14H16F2N2OS. The lowest BCUT2D eigenvalue weighted by molar-refractivity contribution is 0.0698. The van der Waals surface area contributed by atoms with Crippen LogP contribution in [0.4, 0.5) is 8.78 Å². The molecule has 1 aromatic carbocycles. The molecule has 1 aromatic rings. The van der Waals surface area contributed by atoms with Crippen molar-refractivity contribution in [2.24, 2.45) is 11.7 Å². The predicted octanol–water partition coefficient (Wildman–Crippen LogP) is 2.41. The molecule has 0 aliphatic carbocycles. The molecule has 1 unspecified atom stereocenters. The second kappa shape index (κ2) is 5.83. The average Bonchev–Trinajstić information content (AvgIpc) is 2.42. The molecule has 2 rings (SSSR count). The normalized spacial score (nSPS) is 18.9. The van der Waals surface area contributed by atoms with Crippen LogP contribution in [0.1, 0.15) is 28.8 Å². The Balaban J connectivity index is 2.23. The topological polar surface area (TPSA) is 46.3 Å². The van der Waals surface area contributed by atoms with Gasteiger partial charge >= 0.3 is 0 Å². The van der Waals surface area contributed by atoms with Crippen molar-refractivity contribution < 1.29 is 13.6 Å². The Kier molecular flexibility index (Phi) is 4.32. The predicted molar refractivity (Wildman–Crippen MR) is 76.5 cm³/mol. The first kappa shape index (κ1) is 14.8. The SMILES string of the molecule is Cc1cc(C(=O)N2CCCC(C(N)=S)C2)c(F)cc1F. The number of likely N-dealkylation sites (tertiary alicyclic amines) is 1. The number of hydrogen-bond donors (Lipinski definition) is 1. The van der Waals surface area contributed by atoms with E-state index in [0.717, 1.165) is 18.9 Å². The van der Waals surface area contributed by atoms with E-state index in [0.29, 0.717) is 18.1 Å². The number of amides is 1. The van der Waals surface area contributed by atoms with Crippen LogP contribution in [-0.4, -0.2) is 28.9 Å². The summed E-state index contributed by atoms with van der Waals surface area (Å²) in [5.74, 6) is -1.96. The van der Waals surface area contributed by atoms with Crippen LogP contribution >= 0.6 is 12.2 Å². The fourth-order valence-electron chi connectivity index (χ4n) is 2.39. The summed E-state index contributed by atoms with van der Waals surface area (Å²) in [5, 5.41) is 0. The Morgan fingerprint density at radius 2 is 2.10 bits per heavy atom. The Morgan fingerprint density at radius 3 is 2.75 bits per heavy atom. The minimum atomic E-state index is -0.837. The first-order chi connectivity index (χ1) is 9.40. The molecule has 0 aromatic heterocycles. The largest absolute Gasteiger partial charge is 0.393 e. The second-order valence-corrected chi connectivity index (χ2v) is 5.55. The summed E-state index contributed by atoms with van der Waals surface area (Å²) in [6.07, 6.45) is 1.61. The zero-order valence-electron chi connectivity index (χ0n) is 11.2. The minimum Gasteiger partial charge on any atom is -0.393 e. The fraction of sp³-hybridized carbons (Fsp3) is 0.429. The van der Waals surface area contributed by atoms with Gasteiger partial charge < -0.3 is 10.6 Å². The maximum Gasteiger partial charge on any atom is 0.256 e. The monoisotopic (exact) mass is 298 g/mol. The Bertz CT molecular complexity index is 562. The van der Waals surface area contributed by atoms with Crippen LogP contribution in [0.3, 0.4) is 0 Å². The zero-order valence-corrected chi connectivity index (χ0v) is 12.0. The lowest BCUT2D eigenvalue weighted by Crippen LogP contribution is -2.43. The first-order valence-corrected chi connectivity index (χ1v) is 6.85. The van der Waals surface area contributed by atoms with E-state index in [1.165, 1.54) is 17.9 Å². The van der Waals surface area contributed by atoms with Crippen LogP contribution in [0, 0.1) is 24.5 Å². The van der Waals surface area contributed by atoms with Gasteiger partial charge in [-0.2, -0.15) is 0 Å². The molecule has 0 bridgehead atoms. The first-order valence-electron chi connectivity index (χ1n) is 6.44. The third-order valence-electron chi connectivity index (χ3n) is 3.59. The van der Waals surface area contributed by atoms with E-state index in [2.05, 4.69) is 0 Å². The number of nitrogens with two attached hydrogens (primary N) is 1. The molecule has 20 heavy (non-hydrogen) atoms. The van der Waals surface area contributed by atoms with Crippen molar-refractivity contribution in [2.45, 2.75) is 19.8 Å². The molecule has 0 spiro atoms. The minimum absolute atomic E-state index is 0.0349. The van der Waals surface area contributed by atoms with Crippen LogP contribution in [-0.2, 0) is 0 Å². The molecule has 1 amide bonds. The molecule has 108 valence electrons. The van der Waals surface area contributed by atoms with Gasteiger partial charge in [-0.15, -0.1) is 0 Å². The smallest absolute Gasteiger partial charge is 0.256 e. The summed E-state index contributed by atoms with van der Waals surface area (Å²) in [5.41, 5.74) is 5.76. The van der Waals surface area contributed by atoms with Gasteiger partial charge in [0.2, 0.25) is 0 Å². The standard InChI is InChI=1S/C14H16F2N2OS/c1-8-5-10(12(16)6-11(8)15)14(19)18-4-2-3-9(7-18)13(17)20/h5-6,9H,2-4,7H2,1H3,(H2,17,20). The highest BCUT2D eigenvalue weighted by atomic mass is 32.1. The van der Waals surface area contributed by atoms with Gasteiger partial charge in [-0.25, -0.2) is 8.78 Å². The Morgan fingerprint density at radius 1 is 1.40 bits per heavy atom. The van der Waals surface area contributed by atoms with E-state index in [1.54, 1.807) is 0 Å². The quantitative estimate of drug-likeness (QED) is 0.853. The summed E-state index contributed by atoms with van der Waals surface area (Å²) in [7, 11) is 0. The molecule has 6 heteroatoms. The number of benzene rings is 1. The van der Waals surface area contributed by atoms with Crippen molar-refractivity contribution >= 4 is 23.1 Å². The van der Waals surface area contributed by atoms with Crippen molar-refractivity contribution in [1.29, 1.82) is 0 Å². The van der Waals surface area contributed by atoms with Gasteiger partial charge in [0, 0.05) is 25.1 Å². The third-order valence-corrected chi connectivity index (χ3v) is 3.92. The van der Waals surface area contributed by atoms with Crippen molar-refractivity contribution in [3.05, 3.63) is 34.9 Å². The highest BCUT2D eigenvalue weighted by molar-refractivity contribution is 7.80. The molecule has 2 N–H and O–H groups in total. The average molecular weight is 298 g/mol. The molecular weight excluding hydrogens is 282 g/mol. The Labute approximate surface area is 121 Å². The van der Waals surface area contributed by atoms with Gasteiger partial charge in [-0.05, 0) is 31.4 Å². The molecule has 1 aliphatic rings. The van der Waals surface area contributed by atoms with Crippen LogP contribution in [0.5, 0.6) is 0 Å².